The zero-order valence-electron chi connectivity index (χ0n) is 11.7. The van der Waals surface area contributed by atoms with Gasteiger partial charge in [0.15, 0.2) is 9.84 Å². The quantitative estimate of drug-likeness (QED) is 0.877. The summed E-state index contributed by atoms with van der Waals surface area (Å²) in [6.45, 7) is 2.18. The Morgan fingerprint density at radius 3 is 2.68 bits per heavy atom. The summed E-state index contributed by atoms with van der Waals surface area (Å²) in [7, 11) is -0.773. The number of rotatable bonds is 6. The van der Waals surface area contributed by atoms with E-state index in [0.717, 1.165) is 25.7 Å². The van der Waals surface area contributed by atoms with Crippen LogP contribution in [0, 0.1) is 5.92 Å². The lowest BCUT2D eigenvalue weighted by molar-refractivity contribution is 0.425. The molecule has 2 atom stereocenters. The Morgan fingerprint density at radius 2 is 2.16 bits per heavy atom. The van der Waals surface area contributed by atoms with Crippen molar-refractivity contribution < 1.29 is 8.42 Å². The van der Waals surface area contributed by atoms with Crippen molar-refractivity contribution in [3.8, 4) is 0 Å². The highest BCUT2D eigenvalue weighted by molar-refractivity contribution is 7.91. The highest BCUT2D eigenvalue weighted by Gasteiger charge is 2.29. The summed E-state index contributed by atoms with van der Waals surface area (Å²) in [5.74, 6) is 1.11. The molecule has 19 heavy (non-hydrogen) atoms. The average Bonchev–Trinajstić information content (AvgIpc) is 2.95. The number of likely N-dealkylation sites (N-methyl/N-ethyl adjacent to an activating group) is 1. The minimum atomic E-state index is -2.75. The molecule has 0 radical (unpaired) electrons. The van der Waals surface area contributed by atoms with E-state index in [1.807, 2.05) is 18.4 Å². The van der Waals surface area contributed by atoms with Gasteiger partial charge in [0.1, 0.15) is 0 Å². The van der Waals surface area contributed by atoms with Crippen molar-refractivity contribution in [2.45, 2.75) is 38.6 Å². The van der Waals surface area contributed by atoms with Crippen molar-refractivity contribution in [2.24, 2.45) is 5.92 Å². The predicted molar refractivity (Wildman–Crippen MR) is 81.6 cm³/mol. The maximum absolute atomic E-state index is 11.5. The molecule has 0 aromatic carbocycles. The predicted octanol–water partition coefficient (Wildman–Crippen LogP) is 2.27. The van der Waals surface area contributed by atoms with E-state index in [1.54, 1.807) is 0 Å². The van der Waals surface area contributed by atoms with Crippen molar-refractivity contribution in [2.75, 3.05) is 18.6 Å². The Balaban J connectivity index is 1.90. The van der Waals surface area contributed by atoms with Gasteiger partial charge in [-0.25, -0.2) is 8.42 Å². The van der Waals surface area contributed by atoms with Gasteiger partial charge in [-0.2, -0.15) is 0 Å². The van der Waals surface area contributed by atoms with Crippen molar-refractivity contribution in [1.82, 2.24) is 5.32 Å². The van der Waals surface area contributed by atoms with Crippen LogP contribution in [0.5, 0.6) is 0 Å². The second-order valence-corrected chi connectivity index (χ2v) is 8.90. The van der Waals surface area contributed by atoms with E-state index < -0.39 is 9.84 Å². The fraction of sp³-hybridized carbons (Fsp3) is 0.714. The molecule has 1 N–H and O–H groups in total. The second-order valence-electron chi connectivity index (χ2n) is 5.42. The summed E-state index contributed by atoms with van der Waals surface area (Å²) >= 11 is 1.88. The molecule has 0 amide bonds. The third-order valence-electron chi connectivity index (χ3n) is 3.87. The van der Waals surface area contributed by atoms with Gasteiger partial charge in [0.2, 0.25) is 0 Å². The molecule has 1 aromatic rings. The van der Waals surface area contributed by atoms with Gasteiger partial charge >= 0.3 is 0 Å². The number of thiophene rings is 1. The fourth-order valence-corrected chi connectivity index (χ4v) is 5.65. The maximum atomic E-state index is 11.5. The molecule has 5 heteroatoms. The van der Waals surface area contributed by atoms with Gasteiger partial charge in [-0.1, -0.05) is 6.92 Å². The van der Waals surface area contributed by atoms with Crippen LogP contribution in [0.3, 0.4) is 0 Å². The van der Waals surface area contributed by atoms with Crippen molar-refractivity contribution >= 4 is 21.2 Å². The summed E-state index contributed by atoms with van der Waals surface area (Å²) in [6, 6.07) is 4.80. The summed E-state index contributed by atoms with van der Waals surface area (Å²) in [6.07, 6.45) is 3.91. The number of hydrogen-bond acceptors (Lipinski definition) is 4. The minimum absolute atomic E-state index is 0.341. The molecule has 0 spiro atoms. The summed E-state index contributed by atoms with van der Waals surface area (Å²) in [4.78, 5) is 2.82. The molecule has 2 heterocycles. The van der Waals surface area contributed by atoms with Gasteiger partial charge in [-0.15, -0.1) is 11.3 Å². The van der Waals surface area contributed by atoms with E-state index in [2.05, 4.69) is 24.4 Å². The van der Waals surface area contributed by atoms with Crippen LogP contribution in [0.1, 0.15) is 29.5 Å². The average molecular weight is 301 g/mol. The summed E-state index contributed by atoms with van der Waals surface area (Å²) in [5, 5.41) is 3.34. The molecule has 0 saturated carbocycles. The van der Waals surface area contributed by atoms with Crippen LogP contribution < -0.4 is 5.32 Å². The van der Waals surface area contributed by atoms with E-state index >= 15 is 0 Å². The van der Waals surface area contributed by atoms with E-state index in [-0.39, 0.29) is 0 Å². The van der Waals surface area contributed by atoms with Crippen molar-refractivity contribution in [1.29, 1.82) is 0 Å². The summed E-state index contributed by atoms with van der Waals surface area (Å²) in [5.41, 5.74) is 0. The number of aryl methyl sites for hydroxylation is 1. The molecule has 108 valence electrons. The SMILES string of the molecule is CCc1ccc(CC(CC2CCS(=O)(=O)C2)NC)s1. The molecule has 1 fully saturated rings. The van der Waals surface area contributed by atoms with Crippen LogP contribution in [-0.4, -0.2) is 33.0 Å². The molecular weight excluding hydrogens is 278 g/mol. The topological polar surface area (TPSA) is 46.2 Å². The number of hydrogen-bond donors (Lipinski definition) is 1. The van der Waals surface area contributed by atoms with Crippen molar-refractivity contribution in [3.05, 3.63) is 21.9 Å². The van der Waals surface area contributed by atoms with Gasteiger partial charge < -0.3 is 5.32 Å². The maximum Gasteiger partial charge on any atom is 0.150 e. The molecule has 1 saturated heterocycles. The van der Waals surface area contributed by atoms with Crippen molar-refractivity contribution in [3.63, 3.8) is 0 Å². The van der Waals surface area contributed by atoms with E-state index in [9.17, 15) is 8.42 Å². The molecule has 0 bridgehead atoms. The molecule has 2 rings (SSSR count). The van der Waals surface area contributed by atoms with Crippen LogP contribution in [0.4, 0.5) is 0 Å². The monoisotopic (exact) mass is 301 g/mol. The van der Waals surface area contributed by atoms with E-state index in [4.69, 9.17) is 0 Å². The Hall–Kier alpha value is -0.390. The lowest BCUT2D eigenvalue weighted by Crippen LogP contribution is -2.30. The first-order valence-electron chi connectivity index (χ1n) is 6.97. The first-order chi connectivity index (χ1) is 9.02. The van der Waals surface area contributed by atoms with E-state index in [0.29, 0.717) is 23.5 Å². The first-order valence-corrected chi connectivity index (χ1v) is 9.61. The normalized spacial score (nSPS) is 23.6. The van der Waals surface area contributed by atoms with Gasteiger partial charge in [-0.05, 0) is 50.8 Å². The van der Waals surface area contributed by atoms with E-state index in [1.165, 1.54) is 9.75 Å². The molecule has 0 aliphatic carbocycles. The first kappa shape index (κ1) is 15.0. The fourth-order valence-electron chi connectivity index (χ4n) is 2.73. The highest BCUT2D eigenvalue weighted by Crippen LogP contribution is 2.25. The Morgan fingerprint density at radius 1 is 1.42 bits per heavy atom. The second kappa shape index (κ2) is 6.37. The zero-order chi connectivity index (χ0) is 13.9. The molecule has 3 nitrogen and oxygen atoms in total. The molecule has 2 unspecified atom stereocenters. The Kier molecular flexibility index (Phi) is 5.03. The van der Waals surface area contributed by atoms with Gasteiger partial charge in [0.25, 0.3) is 0 Å². The lowest BCUT2D eigenvalue weighted by Gasteiger charge is -2.18. The smallest absolute Gasteiger partial charge is 0.150 e. The summed E-state index contributed by atoms with van der Waals surface area (Å²) < 4.78 is 23.0. The largest absolute Gasteiger partial charge is 0.317 e. The van der Waals surface area contributed by atoms with Gasteiger partial charge in [0.05, 0.1) is 11.5 Å². The minimum Gasteiger partial charge on any atom is -0.317 e. The Labute approximate surface area is 120 Å². The standard InChI is InChI=1S/C14H23NO2S2/c1-3-13-4-5-14(18-13)9-12(15-2)8-11-6-7-19(16,17)10-11/h4-5,11-12,15H,3,6-10H2,1-2H3. The highest BCUT2D eigenvalue weighted by atomic mass is 32.2. The van der Waals surface area contributed by atoms with Crippen LogP contribution in [0.2, 0.25) is 0 Å². The van der Waals surface area contributed by atoms with Crippen LogP contribution in [0.25, 0.3) is 0 Å². The Bertz CT molecular complexity index is 507. The van der Waals surface area contributed by atoms with Crippen LogP contribution in [0.15, 0.2) is 12.1 Å². The third kappa shape index (κ3) is 4.29. The molecule has 1 aliphatic rings. The third-order valence-corrected chi connectivity index (χ3v) is 6.96. The van der Waals surface area contributed by atoms with Crippen LogP contribution >= 0.6 is 11.3 Å². The molecular formula is C14H23NO2S2. The zero-order valence-corrected chi connectivity index (χ0v) is 13.3. The molecule has 1 aliphatic heterocycles. The lowest BCUT2D eigenvalue weighted by atomic mass is 9.97. The molecule has 1 aromatic heterocycles. The number of sulfone groups is 1. The number of nitrogens with one attached hydrogen (secondary N) is 1. The van der Waals surface area contributed by atoms with Gasteiger partial charge in [0, 0.05) is 15.8 Å². The van der Waals surface area contributed by atoms with Gasteiger partial charge in [-0.3, -0.25) is 0 Å². The van der Waals surface area contributed by atoms with Crippen LogP contribution in [-0.2, 0) is 22.7 Å².